The van der Waals surface area contributed by atoms with Gasteiger partial charge in [-0.2, -0.15) is 13.2 Å². The van der Waals surface area contributed by atoms with Gasteiger partial charge in [0.2, 0.25) is 0 Å². The van der Waals surface area contributed by atoms with E-state index in [1.165, 1.54) is 6.07 Å². The van der Waals surface area contributed by atoms with Crippen molar-refractivity contribution in [3.8, 4) is 5.75 Å². The van der Waals surface area contributed by atoms with Gasteiger partial charge in [0.05, 0.1) is 23.2 Å². The third-order valence-corrected chi connectivity index (χ3v) is 4.90. The number of aliphatic hydroxyl groups is 1. The van der Waals surface area contributed by atoms with Crippen LogP contribution in [0.4, 0.5) is 23.7 Å². The smallest absolute Gasteiger partial charge is 0.417 e. The number of anilines is 1. The molecule has 0 saturated carbocycles. The summed E-state index contributed by atoms with van der Waals surface area (Å²) in [6.45, 7) is 0.0855. The van der Waals surface area contributed by atoms with Crippen molar-refractivity contribution in [1.82, 2.24) is 5.32 Å². The van der Waals surface area contributed by atoms with Crippen molar-refractivity contribution in [2.75, 3.05) is 18.5 Å². The number of fused-ring (bicyclic) bond motifs is 1. The van der Waals surface area contributed by atoms with E-state index >= 15 is 0 Å². The van der Waals surface area contributed by atoms with E-state index in [2.05, 4.69) is 10.6 Å². The fourth-order valence-electron chi connectivity index (χ4n) is 3.14. The number of benzene rings is 2. The summed E-state index contributed by atoms with van der Waals surface area (Å²) in [6, 6.07) is 8.37. The van der Waals surface area contributed by atoms with Crippen LogP contribution in [0.2, 0.25) is 5.02 Å². The number of rotatable bonds is 5. The van der Waals surface area contributed by atoms with Crippen LogP contribution in [0.15, 0.2) is 36.4 Å². The molecule has 1 unspecified atom stereocenters. The molecule has 9 heteroatoms. The summed E-state index contributed by atoms with van der Waals surface area (Å²) < 4.78 is 43.8. The molecule has 1 aliphatic rings. The maximum absolute atomic E-state index is 12.8. The van der Waals surface area contributed by atoms with Gasteiger partial charge in [-0.1, -0.05) is 17.7 Å². The third-order valence-electron chi connectivity index (χ3n) is 4.57. The number of hydrogen-bond acceptors (Lipinski definition) is 3. The molecule has 0 saturated heterocycles. The predicted octanol–water partition coefficient (Wildman–Crippen LogP) is 4.41. The monoisotopic (exact) mass is 428 g/mol. The van der Waals surface area contributed by atoms with E-state index in [0.29, 0.717) is 12.1 Å². The minimum absolute atomic E-state index is 0.0112. The number of hydrogen-bond donors (Lipinski definition) is 3. The minimum Gasteiger partial charge on any atom is -0.492 e. The first-order valence-corrected chi connectivity index (χ1v) is 9.44. The molecule has 0 aromatic heterocycles. The van der Waals surface area contributed by atoms with Gasteiger partial charge in [-0.05, 0) is 60.7 Å². The Bertz CT molecular complexity index is 890. The number of halogens is 4. The summed E-state index contributed by atoms with van der Waals surface area (Å²) in [5.74, 6) is 0.0113. The number of nitrogens with one attached hydrogen (secondary N) is 2. The molecule has 1 atom stereocenters. The first-order chi connectivity index (χ1) is 13.7. The number of ether oxygens (including phenoxy) is 1. The van der Waals surface area contributed by atoms with E-state index in [0.717, 1.165) is 36.1 Å². The van der Waals surface area contributed by atoms with Crippen molar-refractivity contribution < 1.29 is 27.8 Å². The molecule has 0 radical (unpaired) electrons. The second-order valence-electron chi connectivity index (χ2n) is 6.75. The van der Waals surface area contributed by atoms with E-state index in [1.54, 1.807) is 6.07 Å². The number of aliphatic hydroxyl groups excluding tert-OH is 1. The Labute approximate surface area is 170 Å². The highest BCUT2D eigenvalue weighted by molar-refractivity contribution is 6.31. The lowest BCUT2D eigenvalue weighted by Crippen LogP contribution is -2.32. The second-order valence-corrected chi connectivity index (χ2v) is 7.16. The highest BCUT2D eigenvalue weighted by atomic mass is 35.5. The van der Waals surface area contributed by atoms with Gasteiger partial charge >= 0.3 is 12.2 Å². The second kappa shape index (κ2) is 8.92. The van der Waals surface area contributed by atoms with Gasteiger partial charge in [0.15, 0.2) is 0 Å². The van der Waals surface area contributed by atoms with Crippen LogP contribution < -0.4 is 15.4 Å². The summed E-state index contributed by atoms with van der Waals surface area (Å²) in [6.07, 6.45) is -2.84. The molecule has 3 rings (SSSR count). The Kier molecular flexibility index (Phi) is 6.54. The topological polar surface area (TPSA) is 70.6 Å². The zero-order chi connectivity index (χ0) is 21.0. The summed E-state index contributed by atoms with van der Waals surface area (Å²) >= 11 is 5.56. The molecule has 2 amide bonds. The van der Waals surface area contributed by atoms with Crippen LogP contribution in [0, 0.1) is 0 Å². The number of amides is 2. The fraction of sp³-hybridized carbons (Fsp3) is 0.350. The molecule has 0 fully saturated rings. The predicted molar refractivity (Wildman–Crippen MR) is 103 cm³/mol. The summed E-state index contributed by atoms with van der Waals surface area (Å²) in [5, 5.41) is 14.6. The zero-order valence-electron chi connectivity index (χ0n) is 15.4. The Morgan fingerprint density at radius 2 is 2.00 bits per heavy atom. The summed E-state index contributed by atoms with van der Waals surface area (Å²) in [5.41, 5.74) is 1.80. The maximum Gasteiger partial charge on any atom is 0.417 e. The van der Waals surface area contributed by atoms with E-state index in [9.17, 15) is 23.1 Å². The third kappa shape index (κ3) is 5.77. The molecule has 156 valence electrons. The van der Waals surface area contributed by atoms with Crippen LogP contribution in [0.3, 0.4) is 0 Å². The highest BCUT2D eigenvalue weighted by Crippen LogP contribution is 2.36. The van der Waals surface area contributed by atoms with Crippen LogP contribution in [0.5, 0.6) is 5.75 Å². The molecule has 5 nitrogen and oxygen atoms in total. The van der Waals surface area contributed by atoms with Gasteiger partial charge in [-0.15, -0.1) is 0 Å². The van der Waals surface area contributed by atoms with Crippen molar-refractivity contribution in [2.45, 2.75) is 31.5 Å². The molecule has 2 aromatic rings. The van der Waals surface area contributed by atoms with Crippen molar-refractivity contribution >= 4 is 23.3 Å². The average molecular weight is 429 g/mol. The molecule has 0 bridgehead atoms. The molecule has 0 spiro atoms. The molecular formula is C20H20ClF3N2O3. The lowest BCUT2D eigenvalue weighted by atomic mass is 9.89. The molecule has 1 aliphatic carbocycles. The first-order valence-electron chi connectivity index (χ1n) is 9.06. The maximum atomic E-state index is 12.8. The number of carbonyl (C=O) groups is 1. The fourth-order valence-corrected chi connectivity index (χ4v) is 3.36. The molecule has 0 aliphatic heterocycles. The summed E-state index contributed by atoms with van der Waals surface area (Å²) in [7, 11) is 0. The van der Waals surface area contributed by atoms with E-state index in [1.807, 2.05) is 12.1 Å². The number of urea groups is 1. The standard InChI is InChI=1S/C20H20ClF3N2O3/c21-18-6-5-16(11-17(18)20(22,23)24)29-8-7-25-19(28)26-14-3-1-12-2-4-15(27)10-13(12)9-14/h1,3,5-6,9,11,15,27H,2,4,7-8,10H2,(H2,25,26,28). The Morgan fingerprint density at radius 1 is 1.21 bits per heavy atom. The molecule has 0 heterocycles. The van der Waals surface area contributed by atoms with Crippen LogP contribution >= 0.6 is 11.6 Å². The Balaban J connectivity index is 1.47. The minimum atomic E-state index is -4.57. The first kappa shape index (κ1) is 21.3. The van der Waals surface area contributed by atoms with Gasteiger partial charge in [0.25, 0.3) is 0 Å². The van der Waals surface area contributed by atoms with E-state index in [-0.39, 0.29) is 25.0 Å². The summed E-state index contributed by atoms with van der Waals surface area (Å²) in [4.78, 5) is 12.0. The number of aryl methyl sites for hydroxylation is 1. The van der Waals surface area contributed by atoms with Gasteiger partial charge in [0.1, 0.15) is 12.4 Å². The number of alkyl halides is 3. The SMILES string of the molecule is O=C(NCCOc1ccc(Cl)c(C(F)(F)F)c1)Nc1ccc2c(c1)CC(O)CC2. The quantitative estimate of drug-likeness (QED) is 0.618. The van der Waals surface area contributed by atoms with Crippen molar-refractivity contribution in [3.63, 3.8) is 0 Å². The van der Waals surface area contributed by atoms with Crippen molar-refractivity contribution in [3.05, 3.63) is 58.1 Å². The molecule has 2 aromatic carbocycles. The van der Waals surface area contributed by atoms with Crippen molar-refractivity contribution in [2.24, 2.45) is 0 Å². The van der Waals surface area contributed by atoms with Gasteiger partial charge < -0.3 is 20.5 Å². The van der Waals surface area contributed by atoms with Gasteiger partial charge in [0, 0.05) is 5.69 Å². The molecule has 29 heavy (non-hydrogen) atoms. The van der Waals surface area contributed by atoms with Gasteiger partial charge in [-0.25, -0.2) is 4.79 Å². The Hall–Kier alpha value is -2.45. The van der Waals surface area contributed by atoms with Crippen LogP contribution in [-0.4, -0.2) is 30.4 Å². The van der Waals surface area contributed by atoms with E-state index < -0.39 is 22.8 Å². The Morgan fingerprint density at radius 3 is 2.76 bits per heavy atom. The lowest BCUT2D eigenvalue weighted by molar-refractivity contribution is -0.137. The normalized spacial score (nSPS) is 16.1. The highest BCUT2D eigenvalue weighted by Gasteiger charge is 2.33. The molecule has 3 N–H and O–H groups in total. The molecular weight excluding hydrogens is 409 g/mol. The van der Waals surface area contributed by atoms with Crippen LogP contribution in [-0.2, 0) is 19.0 Å². The lowest BCUT2D eigenvalue weighted by Gasteiger charge is -2.21. The van der Waals surface area contributed by atoms with Crippen LogP contribution in [0.1, 0.15) is 23.1 Å². The van der Waals surface area contributed by atoms with Gasteiger partial charge in [-0.3, -0.25) is 0 Å². The van der Waals surface area contributed by atoms with Crippen LogP contribution in [0.25, 0.3) is 0 Å². The van der Waals surface area contributed by atoms with Crippen molar-refractivity contribution in [1.29, 1.82) is 0 Å². The van der Waals surface area contributed by atoms with E-state index in [4.69, 9.17) is 16.3 Å². The zero-order valence-corrected chi connectivity index (χ0v) is 16.1. The average Bonchev–Trinajstić information content (AvgIpc) is 2.65. The largest absolute Gasteiger partial charge is 0.492 e. The number of carbonyl (C=O) groups excluding carboxylic acids is 1.